The van der Waals surface area contributed by atoms with E-state index >= 15 is 0 Å². The van der Waals surface area contributed by atoms with Crippen molar-refractivity contribution in [2.45, 2.75) is 19.8 Å². The molecule has 0 amide bonds. The monoisotopic (exact) mass is 374 g/mol. The van der Waals surface area contributed by atoms with E-state index in [1.165, 1.54) is 5.56 Å². The van der Waals surface area contributed by atoms with E-state index in [9.17, 15) is 0 Å². The predicted molar refractivity (Wildman–Crippen MR) is 103 cm³/mol. The van der Waals surface area contributed by atoms with E-state index in [0.29, 0.717) is 34.8 Å². The molecule has 0 saturated heterocycles. The van der Waals surface area contributed by atoms with Crippen LogP contribution in [0.25, 0.3) is 34.2 Å². The van der Waals surface area contributed by atoms with Crippen LogP contribution in [-0.4, -0.2) is 27.1 Å². The second-order valence-electron chi connectivity index (χ2n) is 6.93. The number of aromatic nitrogens is 4. The van der Waals surface area contributed by atoms with Gasteiger partial charge < -0.3 is 14.0 Å². The third kappa shape index (κ3) is 2.90. The predicted octanol–water partition coefficient (Wildman–Crippen LogP) is 4.65. The van der Waals surface area contributed by atoms with Crippen LogP contribution in [0.5, 0.6) is 11.5 Å². The molecular formula is C21H18N4O3. The SMILES string of the molecule is CC(C)c1ccc(-c2cc(-c3nc(-c4ccc5c(c4)OCO5)no3)[nH]n2)cc1. The average molecular weight is 374 g/mol. The maximum atomic E-state index is 5.42. The molecule has 1 aliphatic heterocycles. The number of hydrogen-bond donors (Lipinski definition) is 1. The van der Waals surface area contributed by atoms with Crippen LogP contribution in [0.1, 0.15) is 25.3 Å². The van der Waals surface area contributed by atoms with Gasteiger partial charge in [0.1, 0.15) is 5.69 Å². The minimum Gasteiger partial charge on any atom is -0.454 e. The van der Waals surface area contributed by atoms with Crippen molar-refractivity contribution < 1.29 is 14.0 Å². The molecular weight excluding hydrogens is 356 g/mol. The Bertz CT molecular complexity index is 1130. The summed E-state index contributed by atoms with van der Waals surface area (Å²) in [6, 6.07) is 15.8. The lowest BCUT2D eigenvalue weighted by Crippen LogP contribution is -1.92. The zero-order valence-corrected chi connectivity index (χ0v) is 15.5. The lowest BCUT2D eigenvalue weighted by Gasteiger charge is -2.05. The Morgan fingerprint density at radius 3 is 2.54 bits per heavy atom. The number of ether oxygens (including phenoxy) is 2. The third-order valence-electron chi connectivity index (χ3n) is 4.74. The molecule has 0 saturated carbocycles. The first-order valence-electron chi connectivity index (χ1n) is 9.07. The van der Waals surface area contributed by atoms with Crippen molar-refractivity contribution in [3.63, 3.8) is 0 Å². The number of benzene rings is 2. The molecule has 3 heterocycles. The molecule has 0 atom stereocenters. The lowest BCUT2D eigenvalue weighted by atomic mass is 10.0. The van der Waals surface area contributed by atoms with Crippen LogP contribution in [0.3, 0.4) is 0 Å². The quantitative estimate of drug-likeness (QED) is 0.560. The van der Waals surface area contributed by atoms with E-state index in [1.54, 1.807) is 0 Å². The molecule has 7 heteroatoms. The van der Waals surface area contributed by atoms with Crippen LogP contribution in [0, 0.1) is 0 Å². The molecule has 0 aliphatic carbocycles. The summed E-state index contributed by atoms with van der Waals surface area (Å²) in [7, 11) is 0. The molecule has 1 N–H and O–H groups in total. The first-order valence-corrected chi connectivity index (χ1v) is 9.07. The summed E-state index contributed by atoms with van der Waals surface area (Å²) >= 11 is 0. The number of H-pyrrole nitrogens is 1. The molecule has 0 radical (unpaired) electrons. The van der Waals surface area contributed by atoms with Gasteiger partial charge in [-0.3, -0.25) is 5.10 Å². The van der Waals surface area contributed by atoms with Gasteiger partial charge in [-0.05, 0) is 35.7 Å². The highest BCUT2D eigenvalue weighted by molar-refractivity contribution is 5.66. The maximum absolute atomic E-state index is 5.42. The second kappa shape index (κ2) is 6.53. The molecule has 0 fully saturated rings. The number of fused-ring (bicyclic) bond motifs is 1. The van der Waals surface area contributed by atoms with Crippen LogP contribution >= 0.6 is 0 Å². The second-order valence-corrected chi connectivity index (χ2v) is 6.93. The topological polar surface area (TPSA) is 86.1 Å². The zero-order valence-electron chi connectivity index (χ0n) is 15.5. The molecule has 4 aromatic rings. The summed E-state index contributed by atoms with van der Waals surface area (Å²) in [4.78, 5) is 4.48. The maximum Gasteiger partial charge on any atom is 0.276 e. The van der Waals surface area contributed by atoms with Gasteiger partial charge in [-0.2, -0.15) is 10.1 Å². The van der Waals surface area contributed by atoms with Crippen LogP contribution in [0.2, 0.25) is 0 Å². The molecule has 0 spiro atoms. The van der Waals surface area contributed by atoms with Gasteiger partial charge in [0, 0.05) is 11.1 Å². The van der Waals surface area contributed by atoms with Crippen LogP contribution in [0.15, 0.2) is 53.1 Å². The molecule has 2 aromatic heterocycles. The number of rotatable bonds is 4. The molecule has 140 valence electrons. The highest BCUT2D eigenvalue weighted by Gasteiger charge is 2.18. The number of hydrogen-bond acceptors (Lipinski definition) is 6. The van der Waals surface area contributed by atoms with E-state index in [-0.39, 0.29) is 6.79 Å². The fourth-order valence-corrected chi connectivity index (χ4v) is 3.10. The summed E-state index contributed by atoms with van der Waals surface area (Å²) in [6.07, 6.45) is 0. The number of aromatic amines is 1. The van der Waals surface area contributed by atoms with Gasteiger partial charge in [-0.15, -0.1) is 0 Å². The summed E-state index contributed by atoms with van der Waals surface area (Å²) in [6.45, 7) is 4.58. The standard InChI is InChI=1S/C21H18N4O3/c1-12(2)13-3-5-14(6-4-13)16-10-17(24-23-16)21-22-20(25-28-21)15-7-8-18-19(9-15)27-11-26-18/h3-10,12H,11H2,1-2H3,(H,23,24). The van der Waals surface area contributed by atoms with E-state index in [2.05, 4.69) is 58.5 Å². The summed E-state index contributed by atoms with van der Waals surface area (Å²) < 4.78 is 16.2. The molecule has 0 bridgehead atoms. The Morgan fingerprint density at radius 2 is 1.71 bits per heavy atom. The molecule has 5 rings (SSSR count). The van der Waals surface area contributed by atoms with E-state index < -0.39 is 0 Å². The Balaban J connectivity index is 1.41. The van der Waals surface area contributed by atoms with Gasteiger partial charge in [-0.1, -0.05) is 43.3 Å². The van der Waals surface area contributed by atoms with E-state index in [1.807, 2.05) is 24.3 Å². The minimum atomic E-state index is 0.228. The number of nitrogens with one attached hydrogen (secondary N) is 1. The van der Waals surface area contributed by atoms with Crippen LogP contribution < -0.4 is 9.47 Å². The minimum absolute atomic E-state index is 0.228. The normalized spacial score (nSPS) is 12.7. The van der Waals surface area contributed by atoms with Crippen molar-refractivity contribution >= 4 is 0 Å². The fraction of sp³-hybridized carbons (Fsp3) is 0.190. The molecule has 2 aromatic carbocycles. The Labute approximate surface area is 161 Å². The van der Waals surface area contributed by atoms with Gasteiger partial charge in [0.15, 0.2) is 11.5 Å². The molecule has 1 aliphatic rings. The van der Waals surface area contributed by atoms with Crippen LogP contribution in [-0.2, 0) is 0 Å². The van der Waals surface area contributed by atoms with E-state index in [0.717, 1.165) is 16.8 Å². The smallest absolute Gasteiger partial charge is 0.276 e. The lowest BCUT2D eigenvalue weighted by molar-refractivity contribution is 0.174. The molecule has 7 nitrogen and oxygen atoms in total. The summed E-state index contributed by atoms with van der Waals surface area (Å²) in [5, 5.41) is 11.4. The first kappa shape index (κ1) is 16.6. The average Bonchev–Trinajstić information content (AvgIpc) is 3.47. The molecule has 0 unspecified atom stereocenters. The van der Waals surface area contributed by atoms with Crippen molar-refractivity contribution in [1.82, 2.24) is 20.3 Å². The molecule has 28 heavy (non-hydrogen) atoms. The van der Waals surface area contributed by atoms with E-state index in [4.69, 9.17) is 14.0 Å². The Kier molecular flexibility index (Phi) is 3.86. The summed E-state index contributed by atoms with van der Waals surface area (Å²) in [5.74, 6) is 2.75. The van der Waals surface area contributed by atoms with Gasteiger partial charge in [0.05, 0.1) is 5.69 Å². The van der Waals surface area contributed by atoms with Crippen molar-refractivity contribution in [2.24, 2.45) is 0 Å². The van der Waals surface area contributed by atoms with Crippen molar-refractivity contribution in [2.75, 3.05) is 6.79 Å². The Morgan fingerprint density at radius 1 is 0.929 bits per heavy atom. The largest absolute Gasteiger partial charge is 0.454 e. The van der Waals surface area contributed by atoms with Gasteiger partial charge in [-0.25, -0.2) is 0 Å². The zero-order chi connectivity index (χ0) is 19.1. The van der Waals surface area contributed by atoms with Crippen molar-refractivity contribution in [1.29, 1.82) is 0 Å². The van der Waals surface area contributed by atoms with Crippen LogP contribution in [0.4, 0.5) is 0 Å². The summed E-state index contributed by atoms with van der Waals surface area (Å²) in [5.41, 5.74) is 4.62. The first-order chi connectivity index (χ1) is 13.7. The third-order valence-corrected chi connectivity index (χ3v) is 4.74. The Hall–Kier alpha value is -3.61. The van der Waals surface area contributed by atoms with Crippen molar-refractivity contribution in [3.8, 4) is 45.7 Å². The number of nitrogens with zero attached hydrogens (tertiary/aromatic N) is 3. The fourth-order valence-electron chi connectivity index (χ4n) is 3.10. The highest BCUT2D eigenvalue weighted by atomic mass is 16.7. The van der Waals surface area contributed by atoms with Crippen molar-refractivity contribution in [3.05, 3.63) is 54.1 Å². The van der Waals surface area contributed by atoms with Gasteiger partial charge in [0.25, 0.3) is 5.89 Å². The highest BCUT2D eigenvalue weighted by Crippen LogP contribution is 2.35. The van der Waals surface area contributed by atoms with Gasteiger partial charge >= 0.3 is 0 Å². The van der Waals surface area contributed by atoms with Gasteiger partial charge in [0.2, 0.25) is 12.6 Å².